The van der Waals surface area contributed by atoms with Gasteiger partial charge in [-0.25, -0.2) is 4.98 Å². The molecule has 0 aliphatic heterocycles. The van der Waals surface area contributed by atoms with E-state index in [4.69, 9.17) is 0 Å². The molecule has 0 aromatic carbocycles. The molecule has 88 valence electrons. The predicted octanol–water partition coefficient (Wildman–Crippen LogP) is 2.65. The Morgan fingerprint density at radius 3 is 2.56 bits per heavy atom. The van der Waals surface area contributed by atoms with E-state index in [1.165, 1.54) is 0 Å². The number of ketones is 1. The molecule has 0 fully saturated rings. The van der Waals surface area contributed by atoms with Crippen LogP contribution in [0.1, 0.15) is 31.1 Å². The van der Waals surface area contributed by atoms with Gasteiger partial charge in [0.25, 0.3) is 0 Å². The maximum absolute atomic E-state index is 11.9. The Morgan fingerprint density at radius 1 is 1.44 bits per heavy atom. The molecule has 1 aromatic heterocycles. The second kappa shape index (κ2) is 5.34. The van der Waals surface area contributed by atoms with Gasteiger partial charge in [-0.3, -0.25) is 4.79 Å². The van der Waals surface area contributed by atoms with Crippen LogP contribution in [0.5, 0.6) is 0 Å². The van der Waals surface area contributed by atoms with E-state index in [1.54, 1.807) is 12.3 Å². The fourth-order valence-electron chi connectivity index (χ4n) is 1.25. The highest BCUT2D eigenvalue weighted by Crippen LogP contribution is 2.20. The second-order valence-corrected chi connectivity index (χ2v) is 5.11. The number of hydrogen-bond acceptors (Lipinski definition) is 4. The SMILES string of the molecule is CC(C)(C)C(=O)c1ccc(NCCS)nc1. The summed E-state index contributed by atoms with van der Waals surface area (Å²) in [7, 11) is 0. The van der Waals surface area contributed by atoms with Crippen molar-refractivity contribution in [2.24, 2.45) is 5.41 Å². The molecule has 4 heteroatoms. The van der Waals surface area contributed by atoms with Crippen LogP contribution < -0.4 is 5.32 Å². The van der Waals surface area contributed by atoms with Crippen LogP contribution in [0.25, 0.3) is 0 Å². The Bertz CT molecular complexity index is 354. The summed E-state index contributed by atoms with van der Waals surface area (Å²) in [6.45, 7) is 6.48. The van der Waals surface area contributed by atoms with Crippen LogP contribution in [-0.2, 0) is 0 Å². The summed E-state index contributed by atoms with van der Waals surface area (Å²) >= 11 is 4.10. The molecule has 0 bridgehead atoms. The molecule has 1 N–H and O–H groups in total. The second-order valence-electron chi connectivity index (χ2n) is 4.66. The van der Waals surface area contributed by atoms with Crippen molar-refractivity contribution in [3.8, 4) is 0 Å². The molecule has 0 amide bonds. The van der Waals surface area contributed by atoms with E-state index in [0.717, 1.165) is 18.1 Å². The highest BCUT2D eigenvalue weighted by molar-refractivity contribution is 7.80. The number of carbonyl (C=O) groups is 1. The average Bonchev–Trinajstić information content (AvgIpc) is 2.25. The van der Waals surface area contributed by atoms with Crippen LogP contribution in [0.2, 0.25) is 0 Å². The lowest BCUT2D eigenvalue weighted by molar-refractivity contribution is 0.0858. The largest absolute Gasteiger partial charge is 0.369 e. The summed E-state index contributed by atoms with van der Waals surface area (Å²) < 4.78 is 0. The summed E-state index contributed by atoms with van der Waals surface area (Å²) in [6.07, 6.45) is 1.62. The van der Waals surface area contributed by atoms with E-state index >= 15 is 0 Å². The van der Waals surface area contributed by atoms with Gasteiger partial charge < -0.3 is 5.32 Å². The molecular weight excluding hydrogens is 220 g/mol. The van der Waals surface area contributed by atoms with Gasteiger partial charge in [0.15, 0.2) is 5.78 Å². The lowest BCUT2D eigenvalue weighted by Gasteiger charge is -2.16. The maximum Gasteiger partial charge on any atom is 0.169 e. The summed E-state index contributed by atoms with van der Waals surface area (Å²) in [5.41, 5.74) is 0.297. The molecule has 1 aromatic rings. The first kappa shape index (κ1) is 13.0. The first-order valence-electron chi connectivity index (χ1n) is 5.31. The van der Waals surface area contributed by atoms with Crippen molar-refractivity contribution >= 4 is 24.2 Å². The smallest absolute Gasteiger partial charge is 0.169 e. The van der Waals surface area contributed by atoms with Crippen LogP contribution in [0.15, 0.2) is 18.3 Å². The quantitative estimate of drug-likeness (QED) is 0.626. The highest BCUT2D eigenvalue weighted by Gasteiger charge is 2.22. The number of carbonyl (C=O) groups excluding carboxylic acids is 1. The number of thiol groups is 1. The molecule has 3 nitrogen and oxygen atoms in total. The van der Waals surface area contributed by atoms with E-state index in [9.17, 15) is 4.79 Å². The minimum absolute atomic E-state index is 0.112. The van der Waals surface area contributed by atoms with Crippen LogP contribution >= 0.6 is 12.6 Å². The first-order chi connectivity index (χ1) is 7.45. The summed E-state index contributed by atoms with van der Waals surface area (Å²) in [4.78, 5) is 16.1. The first-order valence-corrected chi connectivity index (χ1v) is 5.94. The molecule has 0 atom stereocenters. The standard InChI is InChI=1S/C12H18N2OS/c1-12(2,3)11(15)9-4-5-10(14-8-9)13-6-7-16/h4-5,8,16H,6-7H2,1-3H3,(H,13,14). The minimum atomic E-state index is -0.359. The van der Waals surface area contributed by atoms with Crippen molar-refractivity contribution in [2.75, 3.05) is 17.6 Å². The Balaban J connectivity index is 2.75. The highest BCUT2D eigenvalue weighted by atomic mass is 32.1. The van der Waals surface area contributed by atoms with E-state index in [2.05, 4.69) is 22.9 Å². The molecule has 0 saturated heterocycles. The van der Waals surface area contributed by atoms with Gasteiger partial charge >= 0.3 is 0 Å². The summed E-state index contributed by atoms with van der Waals surface area (Å²) in [5, 5.41) is 3.10. The number of nitrogens with one attached hydrogen (secondary N) is 1. The zero-order valence-electron chi connectivity index (χ0n) is 9.95. The van der Waals surface area contributed by atoms with Crippen molar-refractivity contribution in [2.45, 2.75) is 20.8 Å². The van der Waals surface area contributed by atoms with Gasteiger partial charge in [-0.2, -0.15) is 12.6 Å². The third kappa shape index (κ3) is 3.52. The molecule has 1 heterocycles. The number of aromatic nitrogens is 1. The molecule has 0 radical (unpaired) electrons. The van der Waals surface area contributed by atoms with Gasteiger partial charge in [0.2, 0.25) is 0 Å². The molecule has 1 rings (SSSR count). The van der Waals surface area contributed by atoms with Gasteiger partial charge in [-0.1, -0.05) is 20.8 Å². The number of pyridine rings is 1. The third-order valence-corrected chi connectivity index (χ3v) is 2.35. The molecule has 0 unspecified atom stereocenters. The zero-order chi connectivity index (χ0) is 12.2. The Labute approximate surface area is 102 Å². The van der Waals surface area contributed by atoms with E-state index in [1.807, 2.05) is 26.8 Å². The van der Waals surface area contributed by atoms with Crippen molar-refractivity contribution in [3.63, 3.8) is 0 Å². The molecule has 16 heavy (non-hydrogen) atoms. The molecule has 0 spiro atoms. The summed E-state index contributed by atoms with van der Waals surface area (Å²) in [5.74, 6) is 1.64. The van der Waals surface area contributed by atoms with E-state index in [-0.39, 0.29) is 11.2 Å². The van der Waals surface area contributed by atoms with Crippen LogP contribution in [0.3, 0.4) is 0 Å². The predicted molar refractivity (Wildman–Crippen MR) is 70.4 cm³/mol. The number of Topliss-reactive ketones (excluding diaryl/α,β-unsaturated/α-hetero) is 1. The lowest BCUT2D eigenvalue weighted by atomic mass is 9.87. The fraction of sp³-hybridized carbons (Fsp3) is 0.500. The lowest BCUT2D eigenvalue weighted by Crippen LogP contribution is -2.20. The number of hydrogen-bond donors (Lipinski definition) is 2. The van der Waals surface area contributed by atoms with Gasteiger partial charge in [0.05, 0.1) is 0 Å². The number of anilines is 1. The Kier molecular flexibility index (Phi) is 4.35. The number of nitrogens with zero attached hydrogens (tertiary/aromatic N) is 1. The van der Waals surface area contributed by atoms with Crippen LogP contribution in [-0.4, -0.2) is 23.1 Å². The fourth-order valence-corrected chi connectivity index (χ4v) is 1.36. The number of rotatable bonds is 4. The van der Waals surface area contributed by atoms with Crippen molar-refractivity contribution < 1.29 is 4.79 Å². The van der Waals surface area contributed by atoms with Crippen molar-refractivity contribution in [1.82, 2.24) is 4.98 Å². The molecule has 0 aliphatic carbocycles. The van der Waals surface area contributed by atoms with Crippen LogP contribution in [0.4, 0.5) is 5.82 Å². The topological polar surface area (TPSA) is 42.0 Å². The Hall–Kier alpha value is -1.03. The van der Waals surface area contributed by atoms with Crippen molar-refractivity contribution in [3.05, 3.63) is 23.9 Å². The monoisotopic (exact) mass is 238 g/mol. The van der Waals surface area contributed by atoms with E-state index < -0.39 is 0 Å². The maximum atomic E-state index is 11.9. The minimum Gasteiger partial charge on any atom is -0.369 e. The van der Waals surface area contributed by atoms with Gasteiger partial charge in [0.1, 0.15) is 5.82 Å². The van der Waals surface area contributed by atoms with Crippen LogP contribution in [0, 0.1) is 5.41 Å². The summed E-state index contributed by atoms with van der Waals surface area (Å²) in [6, 6.07) is 3.63. The average molecular weight is 238 g/mol. The molecular formula is C12H18N2OS. The van der Waals surface area contributed by atoms with Crippen molar-refractivity contribution in [1.29, 1.82) is 0 Å². The third-order valence-electron chi connectivity index (χ3n) is 2.12. The molecule has 0 saturated carbocycles. The van der Waals surface area contributed by atoms with Gasteiger partial charge in [-0.05, 0) is 12.1 Å². The van der Waals surface area contributed by atoms with E-state index in [0.29, 0.717) is 5.56 Å². The Morgan fingerprint density at radius 2 is 2.12 bits per heavy atom. The van der Waals surface area contributed by atoms with Gasteiger partial charge in [0, 0.05) is 29.5 Å². The zero-order valence-corrected chi connectivity index (χ0v) is 10.8. The molecule has 0 aliphatic rings. The van der Waals surface area contributed by atoms with Gasteiger partial charge in [-0.15, -0.1) is 0 Å². The normalized spacial score (nSPS) is 11.2.